The van der Waals surface area contributed by atoms with E-state index in [9.17, 15) is 0 Å². The molecule has 1 heterocycles. The molecule has 0 saturated heterocycles. The molecule has 0 aliphatic rings. The fourth-order valence-corrected chi connectivity index (χ4v) is 0.793. The molecule has 0 aliphatic carbocycles. The van der Waals surface area contributed by atoms with Gasteiger partial charge in [0, 0.05) is 5.56 Å². The minimum Gasteiger partial charge on any atom is -0.361 e. The first-order valence-electron chi connectivity index (χ1n) is 2.87. The first-order chi connectivity index (χ1) is 4.25. The lowest BCUT2D eigenvalue weighted by Gasteiger charge is -1.87. The molecule has 0 aromatic carbocycles. The maximum Gasteiger partial charge on any atom is 0.137 e. The molecule has 1 aromatic heterocycles. The van der Waals surface area contributed by atoms with Crippen molar-refractivity contribution in [2.45, 2.75) is 20.3 Å². The number of aromatic nitrogens is 1. The second-order valence-electron chi connectivity index (χ2n) is 2.01. The van der Waals surface area contributed by atoms with E-state index in [1.165, 1.54) is 0 Å². The fraction of sp³-hybridized carbons (Fsp3) is 0.429. The lowest BCUT2D eigenvalue weighted by atomic mass is 10.1. The van der Waals surface area contributed by atoms with Gasteiger partial charge in [0.2, 0.25) is 0 Å². The molecule has 0 atom stereocenters. The highest BCUT2D eigenvalue weighted by Crippen LogP contribution is 2.11. The third-order valence-electron chi connectivity index (χ3n) is 1.39. The van der Waals surface area contributed by atoms with Crippen LogP contribution < -0.4 is 0 Å². The Balaban J connectivity index is 3.07. The minimum absolute atomic E-state index is 0.515. The number of nitrogens with zero attached hydrogens (tertiary/aromatic N) is 1. The Bertz CT molecular complexity index is 183. The standard InChI is InChI=1S/C7H9NO/c1-4-7-5(2)8-9-6(7)3/h1H,4H2,2-3H3. The average molecular weight is 123 g/mol. The van der Waals surface area contributed by atoms with Crippen molar-refractivity contribution in [2.24, 2.45) is 0 Å². The maximum absolute atomic E-state index is 5.40. The van der Waals surface area contributed by atoms with Crippen molar-refractivity contribution >= 4 is 0 Å². The minimum atomic E-state index is 0.515. The third-order valence-corrected chi connectivity index (χ3v) is 1.39. The highest BCUT2D eigenvalue weighted by molar-refractivity contribution is 5.20. The van der Waals surface area contributed by atoms with Crippen molar-refractivity contribution in [1.29, 1.82) is 0 Å². The molecule has 9 heavy (non-hydrogen) atoms. The Hall–Kier alpha value is -0.790. The number of aryl methyl sites for hydroxylation is 2. The monoisotopic (exact) mass is 123 g/mol. The van der Waals surface area contributed by atoms with E-state index in [1.807, 2.05) is 13.8 Å². The lowest BCUT2D eigenvalue weighted by Crippen LogP contribution is -1.82. The number of rotatable bonds is 1. The zero-order chi connectivity index (χ0) is 6.85. The largest absolute Gasteiger partial charge is 0.361 e. The topological polar surface area (TPSA) is 26.0 Å². The summed E-state index contributed by atoms with van der Waals surface area (Å²) in [5.41, 5.74) is 1.92. The molecular formula is C7H9NO. The summed E-state index contributed by atoms with van der Waals surface area (Å²) in [6.45, 7) is 9.15. The molecule has 1 aromatic rings. The van der Waals surface area contributed by atoms with E-state index < -0.39 is 0 Å². The van der Waals surface area contributed by atoms with E-state index in [0.717, 1.165) is 17.0 Å². The second kappa shape index (κ2) is 2.21. The van der Waals surface area contributed by atoms with Crippen molar-refractivity contribution in [3.63, 3.8) is 0 Å². The van der Waals surface area contributed by atoms with Gasteiger partial charge < -0.3 is 4.52 Å². The summed E-state index contributed by atoms with van der Waals surface area (Å²) in [7, 11) is 0. The van der Waals surface area contributed by atoms with Gasteiger partial charge in [-0.25, -0.2) is 0 Å². The van der Waals surface area contributed by atoms with Gasteiger partial charge in [-0.05, 0) is 27.2 Å². The van der Waals surface area contributed by atoms with Gasteiger partial charge in [-0.15, -0.1) is 0 Å². The van der Waals surface area contributed by atoms with Crippen molar-refractivity contribution < 1.29 is 4.52 Å². The van der Waals surface area contributed by atoms with Gasteiger partial charge in [0.05, 0.1) is 5.69 Å². The van der Waals surface area contributed by atoms with Gasteiger partial charge in [-0.1, -0.05) is 5.16 Å². The number of hydrogen-bond acceptors (Lipinski definition) is 2. The molecule has 0 bridgehead atoms. The molecule has 0 fully saturated rings. The van der Waals surface area contributed by atoms with Crippen LogP contribution in [0.2, 0.25) is 0 Å². The Morgan fingerprint density at radius 2 is 2.22 bits per heavy atom. The van der Waals surface area contributed by atoms with Crippen molar-refractivity contribution in [3.8, 4) is 0 Å². The number of hydrogen-bond donors (Lipinski definition) is 0. The molecule has 0 spiro atoms. The summed E-state index contributed by atoms with van der Waals surface area (Å²) in [6, 6.07) is 0. The third kappa shape index (κ3) is 0.969. The van der Waals surface area contributed by atoms with E-state index in [-0.39, 0.29) is 0 Å². The fourth-order valence-electron chi connectivity index (χ4n) is 0.793. The molecule has 2 radical (unpaired) electrons. The van der Waals surface area contributed by atoms with E-state index in [2.05, 4.69) is 5.16 Å². The molecular weight excluding hydrogens is 114 g/mol. The van der Waals surface area contributed by atoms with Crippen LogP contribution in [0.5, 0.6) is 0 Å². The zero-order valence-corrected chi connectivity index (χ0v) is 5.64. The predicted molar refractivity (Wildman–Crippen MR) is 34.0 cm³/mol. The van der Waals surface area contributed by atoms with Crippen LogP contribution >= 0.6 is 0 Å². The van der Waals surface area contributed by atoms with Crippen LogP contribution in [-0.2, 0) is 6.42 Å². The lowest BCUT2D eigenvalue weighted by molar-refractivity contribution is 0.392. The van der Waals surface area contributed by atoms with E-state index in [1.54, 1.807) is 0 Å². The second-order valence-corrected chi connectivity index (χ2v) is 2.01. The molecule has 0 aliphatic heterocycles. The zero-order valence-electron chi connectivity index (χ0n) is 5.64. The van der Waals surface area contributed by atoms with Crippen LogP contribution in [0.15, 0.2) is 4.52 Å². The van der Waals surface area contributed by atoms with Crippen LogP contribution in [0.3, 0.4) is 0 Å². The average Bonchev–Trinajstić information content (AvgIpc) is 2.12. The molecule has 1 rings (SSSR count). The van der Waals surface area contributed by atoms with Crippen LogP contribution in [0, 0.1) is 20.8 Å². The predicted octanol–water partition coefficient (Wildman–Crippen LogP) is 1.55. The van der Waals surface area contributed by atoms with Crippen LogP contribution in [-0.4, -0.2) is 5.16 Å². The SMILES string of the molecule is [CH]Cc1c(C)noc1C. The van der Waals surface area contributed by atoms with E-state index >= 15 is 0 Å². The van der Waals surface area contributed by atoms with Gasteiger partial charge in [0.15, 0.2) is 0 Å². The van der Waals surface area contributed by atoms with E-state index in [0.29, 0.717) is 6.42 Å². The molecule has 0 N–H and O–H groups in total. The summed E-state index contributed by atoms with van der Waals surface area (Å²) in [5.74, 6) is 0.829. The van der Waals surface area contributed by atoms with Crippen molar-refractivity contribution in [1.82, 2.24) is 5.16 Å². The van der Waals surface area contributed by atoms with Crippen LogP contribution in [0.4, 0.5) is 0 Å². The quantitative estimate of drug-likeness (QED) is 0.566. The van der Waals surface area contributed by atoms with Crippen molar-refractivity contribution in [3.05, 3.63) is 23.9 Å². The molecule has 0 unspecified atom stereocenters. The first kappa shape index (κ1) is 6.33. The summed E-state index contributed by atoms with van der Waals surface area (Å²) >= 11 is 0. The Morgan fingerprint density at radius 3 is 2.44 bits per heavy atom. The summed E-state index contributed by atoms with van der Waals surface area (Å²) in [5, 5.41) is 3.73. The molecule has 0 amide bonds. The first-order valence-corrected chi connectivity index (χ1v) is 2.87. The summed E-state index contributed by atoms with van der Waals surface area (Å²) < 4.78 is 4.86. The van der Waals surface area contributed by atoms with Gasteiger partial charge in [-0.3, -0.25) is 0 Å². The molecule has 2 nitrogen and oxygen atoms in total. The molecule has 0 saturated carbocycles. The van der Waals surface area contributed by atoms with Gasteiger partial charge in [-0.2, -0.15) is 0 Å². The van der Waals surface area contributed by atoms with E-state index in [4.69, 9.17) is 11.4 Å². The van der Waals surface area contributed by atoms with Crippen LogP contribution in [0.1, 0.15) is 17.0 Å². The normalized spacial score (nSPS) is 10.1. The summed E-state index contributed by atoms with van der Waals surface area (Å²) in [6.07, 6.45) is 0.515. The van der Waals surface area contributed by atoms with Crippen molar-refractivity contribution in [2.75, 3.05) is 0 Å². The molecule has 2 heteroatoms. The van der Waals surface area contributed by atoms with Gasteiger partial charge >= 0.3 is 0 Å². The van der Waals surface area contributed by atoms with Gasteiger partial charge in [0.1, 0.15) is 5.76 Å². The Kier molecular flexibility index (Phi) is 1.56. The van der Waals surface area contributed by atoms with Gasteiger partial charge in [0.25, 0.3) is 0 Å². The van der Waals surface area contributed by atoms with Crippen LogP contribution in [0.25, 0.3) is 0 Å². The highest BCUT2D eigenvalue weighted by Gasteiger charge is 2.04. The Labute approximate surface area is 54.9 Å². The highest BCUT2D eigenvalue weighted by atomic mass is 16.5. The summed E-state index contributed by atoms with van der Waals surface area (Å²) in [4.78, 5) is 0. The molecule has 48 valence electrons. The maximum atomic E-state index is 5.40. The Morgan fingerprint density at radius 1 is 1.56 bits per heavy atom. The smallest absolute Gasteiger partial charge is 0.137 e.